The monoisotopic (exact) mass is 414 g/mol. The summed E-state index contributed by atoms with van der Waals surface area (Å²) in [7, 11) is -2.28. The number of rotatable bonds is 7. The largest absolute Gasteiger partial charge is 0.324 e. The molecule has 0 saturated heterocycles. The molecule has 0 aliphatic heterocycles. The second-order valence-corrected chi connectivity index (χ2v) is 8.28. The van der Waals surface area contributed by atoms with Gasteiger partial charge in [0.15, 0.2) is 0 Å². The summed E-state index contributed by atoms with van der Waals surface area (Å²) >= 11 is 0. The van der Waals surface area contributed by atoms with Gasteiger partial charge in [-0.05, 0) is 48.9 Å². The first-order valence-electron chi connectivity index (χ1n) is 9.03. The maximum atomic E-state index is 12.3. The lowest BCUT2D eigenvalue weighted by Gasteiger charge is -2.10. The number of hydrogen-bond donors (Lipinski definition) is 2. The standard InChI is InChI=1S/C19H22N6O3S/c1-4-14-6-8-15(9-7-14)19-22-24-25(23-19)12-18(26)21-16-10-5-13(2)17(11-16)29(27,28)20-3/h5-11,20H,4,12H2,1-3H3,(H,21,26). The molecule has 2 aromatic carbocycles. The number of aromatic nitrogens is 4. The Kier molecular flexibility index (Phi) is 6.04. The summed E-state index contributed by atoms with van der Waals surface area (Å²) in [4.78, 5) is 13.6. The van der Waals surface area contributed by atoms with Crippen LogP contribution in [0.15, 0.2) is 47.4 Å². The summed E-state index contributed by atoms with van der Waals surface area (Å²) in [6, 6.07) is 12.5. The molecule has 3 rings (SSSR count). The number of nitrogens with zero attached hydrogens (tertiary/aromatic N) is 4. The third-order valence-corrected chi connectivity index (χ3v) is 5.94. The van der Waals surface area contributed by atoms with Crippen LogP contribution in [0.5, 0.6) is 0 Å². The number of anilines is 1. The topological polar surface area (TPSA) is 119 Å². The van der Waals surface area contributed by atoms with E-state index in [1.165, 1.54) is 23.5 Å². The summed E-state index contributed by atoms with van der Waals surface area (Å²) in [6.45, 7) is 3.61. The van der Waals surface area contributed by atoms with Crippen molar-refractivity contribution in [2.75, 3.05) is 12.4 Å². The number of carbonyl (C=O) groups excluding carboxylic acids is 1. The Morgan fingerprint density at radius 3 is 2.52 bits per heavy atom. The maximum Gasteiger partial charge on any atom is 0.248 e. The second kappa shape index (κ2) is 8.50. The molecule has 2 N–H and O–H groups in total. The van der Waals surface area contributed by atoms with Crippen LogP contribution in [0.4, 0.5) is 5.69 Å². The second-order valence-electron chi connectivity index (χ2n) is 6.43. The quantitative estimate of drug-likeness (QED) is 0.608. The van der Waals surface area contributed by atoms with Gasteiger partial charge < -0.3 is 5.32 Å². The van der Waals surface area contributed by atoms with Crippen molar-refractivity contribution in [1.82, 2.24) is 24.9 Å². The van der Waals surface area contributed by atoms with E-state index in [9.17, 15) is 13.2 Å². The fourth-order valence-corrected chi connectivity index (χ4v) is 3.72. The molecule has 3 aromatic rings. The number of tetrazole rings is 1. The lowest BCUT2D eigenvalue weighted by Crippen LogP contribution is -2.22. The van der Waals surface area contributed by atoms with E-state index in [1.807, 2.05) is 24.3 Å². The van der Waals surface area contributed by atoms with Crippen molar-refractivity contribution >= 4 is 21.6 Å². The summed E-state index contributed by atoms with van der Waals surface area (Å²) in [6.07, 6.45) is 0.941. The highest BCUT2D eigenvalue weighted by Crippen LogP contribution is 2.20. The molecule has 0 spiro atoms. The van der Waals surface area contributed by atoms with Gasteiger partial charge in [-0.1, -0.05) is 37.3 Å². The van der Waals surface area contributed by atoms with Crippen molar-refractivity contribution in [2.24, 2.45) is 0 Å². The predicted octanol–water partition coefficient (Wildman–Crippen LogP) is 1.76. The van der Waals surface area contributed by atoms with Gasteiger partial charge in [-0.3, -0.25) is 4.79 Å². The van der Waals surface area contributed by atoms with Gasteiger partial charge in [0, 0.05) is 11.3 Å². The molecular formula is C19H22N6O3S. The van der Waals surface area contributed by atoms with Gasteiger partial charge in [-0.2, -0.15) is 4.80 Å². The van der Waals surface area contributed by atoms with E-state index < -0.39 is 15.9 Å². The van der Waals surface area contributed by atoms with E-state index in [2.05, 4.69) is 32.4 Å². The molecule has 0 saturated carbocycles. The first-order chi connectivity index (χ1) is 13.8. The van der Waals surface area contributed by atoms with Crippen LogP contribution in [0.2, 0.25) is 0 Å². The third-order valence-electron chi connectivity index (χ3n) is 4.39. The van der Waals surface area contributed by atoms with Gasteiger partial charge in [-0.15, -0.1) is 10.2 Å². The van der Waals surface area contributed by atoms with Crippen molar-refractivity contribution in [3.05, 3.63) is 53.6 Å². The molecule has 0 unspecified atom stereocenters. The molecule has 10 heteroatoms. The number of aryl methyl sites for hydroxylation is 2. The van der Waals surface area contributed by atoms with Gasteiger partial charge in [-0.25, -0.2) is 13.1 Å². The highest BCUT2D eigenvalue weighted by Gasteiger charge is 2.16. The first kappa shape index (κ1) is 20.6. The molecule has 0 bridgehead atoms. The van der Waals surface area contributed by atoms with Gasteiger partial charge >= 0.3 is 0 Å². The van der Waals surface area contributed by atoms with Gasteiger partial charge in [0.25, 0.3) is 0 Å². The van der Waals surface area contributed by atoms with Crippen LogP contribution >= 0.6 is 0 Å². The number of carbonyl (C=O) groups is 1. The van der Waals surface area contributed by atoms with Gasteiger partial charge in [0.2, 0.25) is 21.8 Å². The van der Waals surface area contributed by atoms with E-state index in [4.69, 9.17) is 0 Å². The maximum absolute atomic E-state index is 12.3. The van der Waals surface area contributed by atoms with E-state index in [0.29, 0.717) is 17.1 Å². The molecule has 29 heavy (non-hydrogen) atoms. The van der Waals surface area contributed by atoms with Crippen LogP contribution in [-0.2, 0) is 27.8 Å². The van der Waals surface area contributed by atoms with E-state index >= 15 is 0 Å². The number of benzene rings is 2. The van der Waals surface area contributed by atoms with Crippen LogP contribution in [-0.4, -0.2) is 41.6 Å². The molecule has 9 nitrogen and oxygen atoms in total. The Labute approximate surface area is 169 Å². The fraction of sp³-hybridized carbons (Fsp3) is 0.263. The van der Waals surface area contributed by atoms with Gasteiger partial charge in [0.1, 0.15) is 6.54 Å². The molecule has 152 valence electrons. The Hall–Kier alpha value is -3.11. The van der Waals surface area contributed by atoms with Crippen LogP contribution in [0.1, 0.15) is 18.1 Å². The average Bonchev–Trinajstić information content (AvgIpc) is 3.17. The zero-order chi connectivity index (χ0) is 21.0. The minimum Gasteiger partial charge on any atom is -0.324 e. The molecule has 1 amide bonds. The molecular weight excluding hydrogens is 392 g/mol. The zero-order valence-electron chi connectivity index (χ0n) is 16.4. The molecule has 0 atom stereocenters. The summed E-state index contributed by atoms with van der Waals surface area (Å²) in [5.74, 6) is 0.0325. The van der Waals surface area contributed by atoms with Gasteiger partial charge in [0.05, 0.1) is 4.90 Å². The molecule has 0 aliphatic rings. The Morgan fingerprint density at radius 2 is 1.86 bits per heavy atom. The summed E-state index contributed by atoms with van der Waals surface area (Å²) in [5, 5.41) is 14.8. The van der Waals surface area contributed by atoms with Crippen molar-refractivity contribution in [2.45, 2.75) is 31.7 Å². The van der Waals surface area contributed by atoms with Crippen LogP contribution in [0.3, 0.4) is 0 Å². The lowest BCUT2D eigenvalue weighted by molar-refractivity contribution is -0.117. The Balaban J connectivity index is 1.70. The predicted molar refractivity (Wildman–Crippen MR) is 109 cm³/mol. The molecule has 0 radical (unpaired) electrons. The van der Waals surface area contributed by atoms with Crippen LogP contribution in [0.25, 0.3) is 11.4 Å². The van der Waals surface area contributed by atoms with Crippen molar-refractivity contribution in [1.29, 1.82) is 0 Å². The molecule has 0 aliphatic carbocycles. The minimum atomic E-state index is -3.62. The van der Waals surface area contributed by atoms with Crippen molar-refractivity contribution in [3.63, 3.8) is 0 Å². The Bertz CT molecular complexity index is 1120. The van der Waals surface area contributed by atoms with Crippen LogP contribution in [0, 0.1) is 6.92 Å². The van der Waals surface area contributed by atoms with Crippen molar-refractivity contribution < 1.29 is 13.2 Å². The number of amides is 1. The molecule has 1 aromatic heterocycles. The van der Waals surface area contributed by atoms with E-state index in [1.54, 1.807) is 19.1 Å². The highest BCUT2D eigenvalue weighted by molar-refractivity contribution is 7.89. The first-order valence-corrected chi connectivity index (χ1v) is 10.5. The Morgan fingerprint density at radius 1 is 1.14 bits per heavy atom. The number of nitrogens with one attached hydrogen (secondary N) is 2. The minimum absolute atomic E-state index is 0.106. The zero-order valence-corrected chi connectivity index (χ0v) is 17.2. The fourth-order valence-electron chi connectivity index (χ4n) is 2.72. The van der Waals surface area contributed by atoms with Crippen molar-refractivity contribution in [3.8, 4) is 11.4 Å². The van der Waals surface area contributed by atoms with E-state index in [0.717, 1.165) is 12.0 Å². The highest BCUT2D eigenvalue weighted by atomic mass is 32.2. The average molecular weight is 414 g/mol. The molecule has 0 fully saturated rings. The third kappa shape index (κ3) is 4.84. The smallest absolute Gasteiger partial charge is 0.248 e. The van der Waals surface area contributed by atoms with Crippen LogP contribution < -0.4 is 10.0 Å². The number of hydrogen-bond acceptors (Lipinski definition) is 6. The lowest BCUT2D eigenvalue weighted by atomic mass is 10.1. The van der Waals surface area contributed by atoms with E-state index in [-0.39, 0.29) is 11.4 Å². The SMILES string of the molecule is CCc1ccc(-c2nnn(CC(=O)Nc3ccc(C)c(S(=O)(=O)NC)c3)n2)cc1. The summed E-state index contributed by atoms with van der Waals surface area (Å²) < 4.78 is 26.4. The normalized spacial score (nSPS) is 11.4. The number of sulfonamides is 1. The summed E-state index contributed by atoms with van der Waals surface area (Å²) in [5.41, 5.74) is 2.96. The molecule has 1 heterocycles.